The fraction of sp³-hybridized carbons (Fsp3) is 0.500. The predicted octanol–water partition coefficient (Wildman–Crippen LogP) is 3.10. The molecule has 0 heterocycles. The summed E-state index contributed by atoms with van der Waals surface area (Å²) in [4.78, 5) is 0. The van der Waals surface area contributed by atoms with Gasteiger partial charge in [-0.1, -0.05) is 37.6 Å². The van der Waals surface area contributed by atoms with Gasteiger partial charge in [0.05, 0.1) is 0 Å². The lowest BCUT2D eigenvalue weighted by Gasteiger charge is -2.06. The molecule has 2 heteroatoms. The average Bonchev–Trinajstić information content (AvgIpc) is 2.54. The number of hydrogen-bond acceptors (Lipinski definition) is 1. The zero-order chi connectivity index (χ0) is 10.5. The number of halogens is 1. The summed E-state index contributed by atoms with van der Waals surface area (Å²) in [6.45, 7) is 6.44. The third-order valence-corrected chi connectivity index (χ3v) is 3.73. The van der Waals surface area contributed by atoms with Crippen molar-refractivity contribution in [3.05, 3.63) is 34.3 Å². The summed E-state index contributed by atoms with van der Waals surface area (Å²) in [5.41, 5.74) is 8.64. The van der Waals surface area contributed by atoms with Crippen molar-refractivity contribution in [2.24, 2.45) is 11.1 Å². The zero-order valence-corrected chi connectivity index (χ0v) is 9.60. The van der Waals surface area contributed by atoms with Crippen LogP contribution in [0.5, 0.6) is 0 Å². The predicted molar refractivity (Wildman–Crippen MR) is 60.7 cm³/mol. The molecule has 14 heavy (non-hydrogen) atoms. The van der Waals surface area contributed by atoms with Gasteiger partial charge in [0.2, 0.25) is 0 Å². The first-order chi connectivity index (χ1) is 6.44. The molecule has 0 radical (unpaired) electrons. The monoisotopic (exact) mass is 209 g/mol. The zero-order valence-electron chi connectivity index (χ0n) is 8.84. The van der Waals surface area contributed by atoms with E-state index in [-0.39, 0.29) is 11.5 Å². The van der Waals surface area contributed by atoms with Crippen LogP contribution in [0.2, 0.25) is 5.02 Å². The molecule has 1 aliphatic rings. The smallest absolute Gasteiger partial charge is 0.0444 e. The van der Waals surface area contributed by atoms with Crippen LogP contribution in [-0.2, 0) is 0 Å². The molecule has 0 unspecified atom stereocenters. The highest BCUT2D eigenvalue weighted by Gasteiger charge is 2.56. The van der Waals surface area contributed by atoms with Crippen molar-refractivity contribution >= 4 is 11.6 Å². The fourth-order valence-corrected chi connectivity index (χ4v) is 2.51. The minimum Gasteiger partial charge on any atom is -0.327 e. The largest absolute Gasteiger partial charge is 0.327 e. The molecular weight excluding hydrogens is 194 g/mol. The van der Waals surface area contributed by atoms with E-state index < -0.39 is 0 Å². The quantitative estimate of drug-likeness (QED) is 0.756. The molecular formula is C12H16ClN. The highest BCUT2D eigenvalue weighted by Crippen LogP contribution is 2.58. The van der Waals surface area contributed by atoms with E-state index in [2.05, 4.69) is 26.0 Å². The third-order valence-electron chi connectivity index (χ3n) is 3.40. The van der Waals surface area contributed by atoms with E-state index in [1.807, 2.05) is 13.0 Å². The van der Waals surface area contributed by atoms with Crippen LogP contribution in [-0.4, -0.2) is 6.04 Å². The van der Waals surface area contributed by atoms with Gasteiger partial charge in [0.15, 0.2) is 0 Å². The normalized spacial score (nSPS) is 28.9. The van der Waals surface area contributed by atoms with Crippen molar-refractivity contribution in [3.63, 3.8) is 0 Å². The van der Waals surface area contributed by atoms with E-state index in [1.54, 1.807) is 0 Å². The lowest BCUT2D eigenvalue weighted by molar-refractivity contribution is 0.599. The summed E-state index contributed by atoms with van der Waals surface area (Å²) in [6.07, 6.45) is 0. The van der Waals surface area contributed by atoms with Crippen LogP contribution in [0, 0.1) is 12.3 Å². The molecule has 0 aliphatic heterocycles. The van der Waals surface area contributed by atoms with Crippen LogP contribution in [0.1, 0.15) is 30.9 Å². The molecule has 1 aromatic rings. The van der Waals surface area contributed by atoms with Gasteiger partial charge >= 0.3 is 0 Å². The van der Waals surface area contributed by atoms with E-state index in [4.69, 9.17) is 17.3 Å². The highest BCUT2D eigenvalue weighted by molar-refractivity contribution is 6.31. The second kappa shape index (κ2) is 2.98. The van der Waals surface area contributed by atoms with E-state index in [0.717, 1.165) is 5.02 Å². The van der Waals surface area contributed by atoms with Gasteiger partial charge in [-0.3, -0.25) is 0 Å². The van der Waals surface area contributed by atoms with Crippen LogP contribution in [0.3, 0.4) is 0 Å². The molecule has 1 fully saturated rings. The first-order valence-electron chi connectivity index (χ1n) is 4.96. The lowest BCUT2D eigenvalue weighted by atomic mass is 10.0. The molecule has 2 atom stereocenters. The van der Waals surface area contributed by atoms with Gasteiger partial charge in [-0.05, 0) is 29.5 Å². The molecule has 1 saturated carbocycles. The summed E-state index contributed by atoms with van der Waals surface area (Å²) in [5, 5.41) is 0.857. The Morgan fingerprint density at radius 1 is 1.36 bits per heavy atom. The lowest BCUT2D eigenvalue weighted by Crippen LogP contribution is -2.06. The summed E-state index contributed by atoms with van der Waals surface area (Å²) in [5.74, 6) is 0.426. The summed E-state index contributed by atoms with van der Waals surface area (Å²) >= 11 is 6.20. The highest BCUT2D eigenvalue weighted by atomic mass is 35.5. The molecule has 2 N–H and O–H groups in total. The Morgan fingerprint density at radius 2 is 1.93 bits per heavy atom. The Bertz CT molecular complexity index is 371. The van der Waals surface area contributed by atoms with Gasteiger partial charge < -0.3 is 5.73 Å². The van der Waals surface area contributed by atoms with Crippen LogP contribution in [0.25, 0.3) is 0 Å². The average molecular weight is 210 g/mol. The first kappa shape index (κ1) is 10.0. The minimum absolute atomic E-state index is 0.207. The number of aryl methyl sites for hydroxylation is 1. The van der Waals surface area contributed by atoms with Crippen molar-refractivity contribution in [1.82, 2.24) is 0 Å². The molecule has 76 valence electrons. The minimum atomic E-state index is 0.207. The fourth-order valence-electron chi connectivity index (χ4n) is 2.16. The maximum Gasteiger partial charge on any atom is 0.0444 e. The summed E-state index contributed by atoms with van der Waals surface area (Å²) < 4.78 is 0. The van der Waals surface area contributed by atoms with Crippen molar-refractivity contribution < 1.29 is 0 Å². The number of hydrogen-bond donors (Lipinski definition) is 1. The maximum absolute atomic E-state index is 6.20. The maximum atomic E-state index is 6.20. The summed E-state index contributed by atoms with van der Waals surface area (Å²) in [7, 11) is 0. The molecule has 0 aromatic heterocycles. The molecule has 0 saturated heterocycles. The van der Waals surface area contributed by atoms with Gasteiger partial charge in [-0.15, -0.1) is 0 Å². The molecule has 1 aromatic carbocycles. The van der Waals surface area contributed by atoms with Crippen LogP contribution in [0.15, 0.2) is 18.2 Å². The molecule has 0 amide bonds. The number of benzene rings is 1. The van der Waals surface area contributed by atoms with Crippen molar-refractivity contribution in [2.45, 2.75) is 32.7 Å². The molecule has 0 bridgehead atoms. The van der Waals surface area contributed by atoms with E-state index in [0.29, 0.717) is 5.92 Å². The second-order valence-corrected chi connectivity index (χ2v) is 5.26. The molecule has 1 aliphatic carbocycles. The van der Waals surface area contributed by atoms with E-state index in [9.17, 15) is 0 Å². The van der Waals surface area contributed by atoms with E-state index >= 15 is 0 Å². The Kier molecular flexibility index (Phi) is 2.13. The SMILES string of the molecule is Cc1ccc([C@H]2[C@H](N)C2(C)C)c(Cl)c1. The van der Waals surface area contributed by atoms with Crippen LogP contribution in [0.4, 0.5) is 0 Å². The van der Waals surface area contributed by atoms with Crippen molar-refractivity contribution in [2.75, 3.05) is 0 Å². The van der Waals surface area contributed by atoms with Gasteiger partial charge in [0.1, 0.15) is 0 Å². The van der Waals surface area contributed by atoms with Crippen LogP contribution >= 0.6 is 11.6 Å². The van der Waals surface area contributed by atoms with Gasteiger partial charge in [-0.25, -0.2) is 0 Å². The van der Waals surface area contributed by atoms with Gasteiger partial charge in [0.25, 0.3) is 0 Å². The number of rotatable bonds is 1. The first-order valence-corrected chi connectivity index (χ1v) is 5.34. The topological polar surface area (TPSA) is 26.0 Å². The second-order valence-electron chi connectivity index (χ2n) is 4.85. The Morgan fingerprint density at radius 3 is 2.36 bits per heavy atom. The standard InChI is InChI=1S/C12H16ClN/c1-7-4-5-8(9(13)6-7)10-11(14)12(10,2)3/h4-6,10-11H,14H2,1-3H3/t10-,11-/m0/s1. The Balaban J connectivity index is 2.36. The van der Waals surface area contributed by atoms with Crippen LogP contribution < -0.4 is 5.73 Å². The third kappa shape index (κ3) is 1.35. The Hall–Kier alpha value is -0.530. The summed E-state index contributed by atoms with van der Waals surface area (Å²) in [6, 6.07) is 6.47. The van der Waals surface area contributed by atoms with Crippen molar-refractivity contribution in [1.29, 1.82) is 0 Å². The molecule has 0 spiro atoms. The van der Waals surface area contributed by atoms with Gasteiger partial charge in [0, 0.05) is 17.0 Å². The Labute approximate surface area is 90.3 Å². The van der Waals surface area contributed by atoms with Crippen molar-refractivity contribution in [3.8, 4) is 0 Å². The van der Waals surface area contributed by atoms with Gasteiger partial charge in [-0.2, -0.15) is 0 Å². The number of nitrogens with two attached hydrogens (primary N) is 1. The molecule has 1 nitrogen and oxygen atoms in total. The molecule has 2 rings (SSSR count). The van der Waals surface area contributed by atoms with E-state index in [1.165, 1.54) is 11.1 Å².